The van der Waals surface area contributed by atoms with Gasteiger partial charge >= 0.3 is 5.97 Å². The summed E-state index contributed by atoms with van der Waals surface area (Å²) in [6, 6.07) is 6.21. The molecule has 7 heteroatoms. The number of para-hydroxylation sites is 2. The number of ether oxygens (including phenoxy) is 1. The van der Waals surface area contributed by atoms with E-state index in [1.807, 2.05) is 13.0 Å². The third kappa shape index (κ3) is 4.29. The minimum absolute atomic E-state index is 0.0208. The number of rotatable bonds is 7. The second kappa shape index (κ2) is 8.00. The maximum absolute atomic E-state index is 12.4. The number of hydrogen-bond acceptors (Lipinski definition) is 4. The normalized spacial score (nSPS) is 18.8. The molecule has 1 aromatic carbocycles. The summed E-state index contributed by atoms with van der Waals surface area (Å²) >= 11 is 0. The van der Waals surface area contributed by atoms with Gasteiger partial charge in [0.25, 0.3) is 5.91 Å². The molecule has 0 fully saturated rings. The van der Waals surface area contributed by atoms with Crippen molar-refractivity contribution in [2.24, 2.45) is 5.92 Å². The van der Waals surface area contributed by atoms with Crippen molar-refractivity contribution in [1.82, 2.24) is 5.32 Å². The van der Waals surface area contributed by atoms with Crippen molar-refractivity contribution in [2.75, 3.05) is 11.4 Å². The summed E-state index contributed by atoms with van der Waals surface area (Å²) in [6.07, 6.45) is 0.0433. The molecule has 1 aliphatic rings. The first-order valence-corrected chi connectivity index (χ1v) is 8.44. The van der Waals surface area contributed by atoms with Crippen LogP contribution >= 0.6 is 0 Å². The lowest BCUT2D eigenvalue weighted by molar-refractivity contribution is -0.143. The minimum Gasteiger partial charge on any atom is -0.480 e. The highest BCUT2D eigenvalue weighted by Crippen LogP contribution is 2.33. The van der Waals surface area contributed by atoms with E-state index in [2.05, 4.69) is 5.32 Å². The molecule has 0 aromatic heterocycles. The number of hydrogen-bond donors (Lipinski definition) is 2. The van der Waals surface area contributed by atoms with E-state index < -0.39 is 24.0 Å². The van der Waals surface area contributed by atoms with Crippen molar-refractivity contribution in [3.8, 4) is 5.75 Å². The van der Waals surface area contributed by atoms with Gasteiger partial charge < -0.3 is 20.1 Å². The van der Waals surface area contributed by atoms with Gasteiger partial charge in [-0.15, -0.1) is 0 Å². The summed E-state index contributed by atoms with van der Waals surface area (Å²) in [5, 5.41) is 11.8. The number of amides is 2. The van der Waals surface area contributed by atoms with Crippen LogP contribution in [0.1, 0.15) is 33.6 Å². The Hall–Kier alpha value is -2.57. The molecule has 0 saturated heterocycles. The van der Waals surface area contributed by atoms with Crippen LogP contribution in [0, 0.1) is 5.92 Å². The van der Waals surface area contributed by atoms with Gasteiger partial charge in [0.15, 0.2) is 6.10 Å². The number of anilines is 1. The molecule has 0 saturated carbocycles. The fourth-order valence-electron chi connectivity index (χ4n) is 2.73. The molecule has 25 heavy (non-hydrogen) atoms. The molecule has 0 bridgehead atoms. The van der Waals surface area contributed by atoms with Gasteiger partial charge in [0.05, 0.1) is 5.69 Å². The van der Waals surface area contributed by atoms with Gasteiger partial charge in [-0.3, -0.25) is 9.59 Å². The van der Waals surface area contributed by atoms with Gasteiger partial charge in [0.1, 0.15) is 11.8 Å². The maximum atomic E-state index is 12.4. The van der Waals surface area contributed by atoms with Crippen LogP contribution in [0.4, 0.5) is 5.69 Å². The van der Waals surface area contributed by atoms with Crippen molar-refractivity contribution in [2.45, 2.75) is 45.8 Å². The molecule has 1 heterocycles. The Bertz CT molecular complexity index is 661. The number of nitrogens with zero attached hydrogens (tertiary/aromatic N) is 1. The standard InChI is InChI=1S/C18H24N2O5/c1-4-11(2)16(18(23)24)19-15(21)9-10-20-13-7-5-6-8-14(13)25-12(3)17(20)22/h5-8,11-12,16H,4,9-10H2,1-3H3,(H,19,21)(H,23,24)/t11-,12-,16-/m0/s1. The molecular weight excluding hydrogens is 324 g/mol. The Kier molecular flexibility index (Phi) is 6.01. The average Bonchev–Trinajstić information content (AvgIpc) is 2.59. The van der Waals surface area contributed by atoms with Crippen molar-refractivity contribution in [1.29, 1.82) is 0 Å². The highest BCUT2D eigenvalue weighted by atomic mass is 16.5. The van der Waals surface area contributed by atoms with Crippen LogP contribution < -0.4 is 15.0 Å². The monoisotopic (exact) mass is 348 g/mol. The number of carboxylic acid groups (broad SMARTS) is 1. The summed E-state index contributed by atoms with van der Waals surface area (Å²) in [5.41, 5.74) is 0.620. The van der Waals surface area contributed by atoms with Crippen molar-refractivity contribution in [3.05, 3.63) is 24.3 Å². The van der Waals surface area contributed by atoms with E-state index in [1.54, 1.807) is 32.0 Å². The number of carbonyl (C=O) groups is 3. The molecule has 1 aliphatic heterocycles. The van der Waals surface area contributed by atoms with Gasteiger partial charge in [0.2, 0.25) is 5.91 Å². The first-order valence-electron chi connectivity index (χ1n) is 8.44. The van der Waals surface area contributed by atoms with Gasteiger partial charge in [0, 0.05) is 13.0 Å². The summed E-state index contributed by atoms with van der Waals surface area (Å²) in [5.74, 6) is -1.24. The van der Waals surface area contributed by atoms with E-state index >= 15 is 0 Å². The zero-order valence-corrected chi connectivity index (χ0v) is 14.7. The fraction of sp³-hybridized carbons (Fsp3) is 0.500. The molecule has 2 amide bonds. The van der Waals surface area contributed by atoms with E-state index in [0.717, 1.165) is 0 Å². The number of fused-ring (bicyclic) bond motifs is 1. The number of nitrogens with one attached hydrogen (secondary N) is 1. The van der Waals surface area contributed by atoms with Gasteiger partial charge in [-0.1, -0.05) is 32.4 Å². The van der Waals surface area contributed by atoms with Crippen molar-refractivity contribution in [3.63, 3.8) is 0 Å². The topological polar surface area (TPSA) is 95.9 Å². The van der Waals surface area contributed by atoms with Crippen molar-refractivity contribution < 1.29 is 24.2 Å². The first-order chi connectivity index (χ1) is 11.8. The number of carboxylic acids is 1. The molecule has 7 nitrogen and oxygen atoms in total. The van der Waals surface area contributed by atoms with Crippen LogP contribution in [-0.2, 0) is 14.4 Å². The summed E-state index contributed by atoms with van der Waals surface area (Å²) in [4.78, 5) is 37.4. The minimum atomic E-state index is -1.05. The molecule has 136 valence electrons. The average molecular weight is 348 g/mol. The van der Waals surface area contributed by atoms with Crippen LogP contribution in [0.25, 0.3) is 0 Å². The molecule has 0 radical (unpaired) electrons. The van der Waals surface area contributed by atoms with Gasteiger partial charge in [-0.25, -0.2) is 4.79 Å². The molecule has 0 aliphatic carbocycles. The second-order valence-electron chi connectivity index (χ2n) is 6.24. The van der Waals surface area contributed by atoms with E-state index in [4.69, 9.17) is 4.74 Å². The number of carbonyl (C=O) groups excluding carboxylic acids is 2. The second-order valence-corrected chi connectivity index (χ2v) is 6.24. The largest absolute Gasteiger partial charge is 0.480 e. The van der Waals surface area contributed by atoms with Crippen molar-refractivity contribution >= 4 is 23.5 Å². The van der Waals surface area contributed by atoms with E-state index in [1.165, 1.54) is 4.90 Å². The van der Waals surface area contributed by atoms with Crippen LogP contribution in [-0.4, -0.2) is 41.6 Å². The van der Waals surface area contributed by atoms with Crippen LogP contribution in [0.3, 0.4) is 0 Å². The molecule has 1 aromatic rings. The Morgan fingerprint density at radius 1 is 1.36 bits per heavy atom. The summed E-state index contributed by atoms with van der Waals surface area (Å²) in [7, 11) is 0. The third-order valence-corrected chi connectivity index (χ3v) is 4.43. The molecular formula is C18H24N2O5. The maximum Gasteiger partial charge on any atom is 0.326 e. The highest BCUT2D eigenvalue weighted by molar-refractivity contribution is 6.00. The predicted molar refractivity (Wildman–Crippen MR) is 92.5 cm³/mol. The smallest absolute Gasteiger partial charge is 0.326 e. The lowest BCUT2D eigenvalue weighted by Gasteiger charge is -2.33. The molecule has 3 atom stereocenters. The van der Waals surface area contributed by atoms with E-state index in [0.29, 0.717) is 17.9 Å². The Morgan fingerprint density at radius 2 is 2.04 bits per heavy atom. The van der Waals surface area contributed by atoms with Gasteiger partial charge in [-0.05, 0) is 25.0 Å². The zero-order valence-electron chi connectivity index (χ0n) is 14.7. The van der Waals surface area contributed by atoms with E-state index in [-0.39, 0.29) is 24.8 Å². The van der Waals surface area contributed by atoms with E-state index in [9.17, 15) is 19.5 Å². The summed E-state index contributed by atoms with van der Waals surface area (Å²) in [6.45, 7) is 5.48. The molecule has 2 N–H and O–H groups in total. The number of benzene rings is 1. The Balaban J connectivity index is 2.03. The third-order valence-electron chi connectivity index (χ3n) is 4.43. The highest BCUT2D eigenvalue weighted by Gasteiger charge is 2.32. The quantitative estimate of drug-likeness (QED) is 0.783. The van der Waals surface area contributed by atoms with Crippen LogP contribution in [0.15, 0.2) is 24.3 Å². The fourth-order valence-corrected chi connectivity index (χ4v) is 2.73. The molecule has 0 unspecified atom stereocenters. The molecule has 0 spiro atoms. The molecule has 2 rings (SSSR count). The van der Waals surface area contributed by atoms with Crippen LogP contribution in [0.5, 0.6) is 5.75 Å². The lowest BCUT2D eigenvalue weighted by Crippen LogP contribution is -2.48. The Morgan fingerprint density at radius 3 is 2.68 bits per heavy atom. The first kappa shape index (κ1) is 18.8. The lowest BCUT2D eigenvalue weighted by atomic mass is 9.99. The van der Waals surface area contributed by atoms with Crippen LogP contribution in [0.2, 0.25) is 0 Å². The Labute approximate surface area is 147 Å². The number of aliphatic carboxylic acids is 1. The van der Waals surface area contributed by atoms with Gasteiger partial charge in [-0.2, -0.15) is 0 Å². The predicted octanol–water partition coefficient (Wildman–Crippen LogP) is 1.81. The summed E-state index contributed by atoms with van der Waals surface area (Å²) < 4.78 is 5.55. The zero-order chi connectivity index (χ0) is 18.6. The SMILES string of the molecule is CC[C@H](C)[C@H](NC(=O)CCN1C(=O)[C@H](C)Oc2ccccc21)C(=O)O.